The van der Waals surface area contributed by atoms with Crippen LogP contribution in [0, 0.1) is 0 Å². The molecule has 106 valence electrons. The Morgan fingerprint density at radius 2 is 2.00 bits per heavy atom. The van der Waals surface area contributed by atoms with Crippen LogP contribution in [0.4, 0.5) is 0 Å². The van der Waals surface area contributed by atoms with Gasteiger partial charge >= 0.3 is 0 Å². The summed E-state index contributed by atoms with van der Waals surface area (Å²) in [6.07, 6.45) is 0.543. The lowest BCUT2D eigenvalue weighted by Crippen LogP contribution is -2.47. The number of hydrogen-bond acceptors (Lipinski definition) is 3. The molecule has 4 heteroatoms. The van der Waals surface area contributed by atoms with Gasteiger partial charge in [0.1, 0.15) is 0 Å². The SMILES string of the molecule is CCOC(C)(C)CNC(=O)[C@H](N)Cc1ccccc1. The highest BCUT2D eigenvalue weighted by Crippen LogP contribution is 2.07. The number of hydrogen-bond donors (Lipinski definition) is 2. The highest BCUT2D eigenvalue weighted by atomic mass is 16.5. The summed E-state index contributed by atoms with van der Waals surface area (Å²) in [6.45, 7) is 6.91. The number of ether oxygens (including phenoxy) is 1. The van der Waals surface area contributed by atoms with E-state index in [4.69, 9.17) is 10.5 Å². The standard InChI is InChI=1S/C15H24N2O2/c1-4-19-15(2,3)11-17-14(18)13(16)10-12-8-6-5-7-9-12/h5-9,13H,4,10-11,16H2,1-3H3,(H,17,18)/t13-/m1/s1. The largest absolute Gasteiger partial charge is 0.374 e. The highest BCUT2D eigenvalue weighted by molar-refractivity contribution is 5.81. The Hall–Kier alpha value is -1.39. The van der Waals surface area contributed by atoms with Gasteiger partial charge in [0.2, 0.25) is 5.91 Å². The second-order valence-electron chi connectivity index (χ2n) is 5.21. The lowest BCUT2D eigenvalue weighted by Gasteiger charge is -2.25. The first-order valence-corrected chi connectivity index (χ1v) is 6.66. The minimum Gasteiger partial charge on any atom is -0.374 e. The maximum atomic E-state index is 11.9. The smallest absolute Gasteiger partial charge is 0.237 e. The molecule has 0 saturated heterocycles. The van der Waals surface area contributed by atoms with Gasteiger partial charge in [0.25, 0.3) is 0 Å². The Morgan fingerprint density at radius 3 is 2.58 bits per heavy atom. The van der Waals surface area contributed by atoms with Crippen LogP contribution in [0.2, 0.25) is 0 Å². The average Bonchev–Trinajstić information content (AvgIpc) is 2.37. The van der Waals surface area contributed by atoms with Gasteiger partial charge in [-0.05, 0) is 32.8 Å². The molecule has 1 aromatic carbocycles. The van der Waals surface area contributed by atoms with E-state index in [9.17, 15) is 4.79 Å². The molecule has 0 bridgehead atoms. The Bertz CT molecular complexity index is 390. The van der Waals surface area contributed by atoms with Crippen LogP contribution in [0.25, 0.3) is 0 Å². The van der Waals surface area contributed by atoms with Crippen molar-refractivity contribution in [2.75, 3.05) is 13.2 Å². The molecule has 0 radical (unpaired) electrons. The molecule has 0 heterocycles. The van der Waals surface area contributed by atoms with E-state index in [1.165, 1.54) is 0 Å². The Morgan fingerprint density at radius 1 is 1.37 bits per heavy atom. The Labute approximate surface area is 115 Å². The van der Waals surface area contributed by atoms with Crippen molar-refractivity contribution in [1.29, 1.82) is 0 Å². The topological polar surface area (TPSA) is 64.3 Å². The maximum absolute atomic E-state index is 11.9. The molecule has 4 nitrogen and oxygen atoms in total. The van der Waals surface area contributed by atoms with Crippen LogP contribution in [0.3, 0.4) is 0 Å². The number of nitrogens with two attached hydrogens (primary N) is 1. The summed E-state index contributed by atoms with van der Waals surface area (Å²) >= 11 is 0. The number of amides is 1. The molecule has 0 aliphatic rings. The Kier molecular flexibility index (Phi) is 5.99. The second-order valence-corrected chi connectivity index (χ2v) is 5.21. The summed E-state index contributed by atoms with van der Waals surface area (Å²) in [7, 11) is 0. The van der Waals surface area contributed by atoms with Crippen molar-refractivity contribution < 1.29 is 9.53 Å². The zero-order valence-electron chi connectivity index (χ0n) is 12.0. The number of carbonyl (C=O) groups is 1. The van der Waals surface area contributed by atoms with Crippen molar-refractivity contribution >= 4 is 5.91 Å². The third-order valence-electron chi connectivity index (χ3n) is 2.86. The van der Waals surface area contributed by atoms with E-state index in [0.717, 1.165) is 5.56 Å². The van der Waals surface area contributed by atoms with Crippen LogP contribution in [0.5, 0.6) is 0 Å². The van der Waals surface area contributed by atoms with Crippen molar-refractivity contribution in [3.8, 4) is 0 Å². The monoisotopic (exact) mass is 264 g/mol. The molecule has 1 amide bonds. The van der Waals surface area contributed by atoms with Crippen molar-refractivity contribution in [2.45, 2.75) is 38.8 Å². The molecule has 1 rings (SSSR count). The minimum atomic E-state index is -0.528. The van der Waals surface area contributed by atoms with Crippen molar-refractivity contribution in [2.24, 2.45) is 5.73 Å². The summed E-state index contributed by atoms with van der Waals surface area (Å²) in [4.78, 5) is 11.9. The lowest BCUT2D eigenvalue weighted by molar-refractivity contribution is -0.123. The van der Waals surface area contributed by atoms with Crippen LogP contribution in [0.1, 0.15) is 26.3 Å². The molecule has 0 saturated carbocycles. The number of benzene rings is 1. The maximum Gasteiger partial charge on any atom is 0.237 e. The van der Waals surface area contributed by atoms with Crippen LogP contribution in [-0.2, 0) is 16.0 Å². The number of nitrogens with one attached hydrogen (secondary N) is 1. The van der Waals surface area contributed by atoms with Crippen LogP contribution >= 0.6 is 0 Å². The van der Waals surface area contributed by atoms with Gasteiger partial charge in [0.15, 0.2) is 0 Å². The van der Waals surface area contributed by atoms with Crippen LogP contribution < -0.4 is 11.1 Å². The average molecular weight is 264 g/mol. The number of carbonyl (C=O) groups excluding carboxylic acids is 1. The molecule has 19 heavy (non-hydrogen) atoms. The zero-order chi connectivity index (χ0) is 14.3. The Balaban J connectivity index is 2.41. The fourth-order valence-corrected chi connectivity index (χ4v) is 1.83. The van der Waals surface area contributed by atoms with Gasteiger partial charge in [-0.2, -0.15) is 0 Å². The molecule has 0 aliphatic heterocycles. The fraction of sp³-hybridized carbons (Fsp3) is 0.533. The molecular formula is C15H24N2O2. The van der Waals surface area contributed by atoms with E-state index in [2.05, 4.69) is 5.32 Å². The van der Waals surface area contributed by atoms with Gasteiger partial charge in [0.05, 0.1) is 11.6 Å². The molecule has 0 aliphatic carbocycles. The lowest BCUT2D eigenvalue weighted by atomic mass is 10.1. The van der Waals surface area contributed by atoms with E-state index >= 15 is 0 Å². The van der Waals surface area contributed by atoms with Crippen LogP contribution in [-0.4, -0.2) is 30.7 Å². The first kappa shape index (κ1) is 15.7. The minimum absolute atomic E-state index is 0.142. The van der Waals surface area contributed by atoms with Gasteiger partial charge in [-0.25, -0.2) is 0 Å². The van der Waals surface area contributed by atoms with Crippen molar-refractivity contribution in [3.05, 3.63) is 35.9 Å². The van der Waals surface area contributed by atoms with Gasteiger partial charge in [0, 0.05) is 13.2 Å². The van der Waals surface area contributed by atoms with Gasteiger partial charge in [-0.15, -0.1) is 0 Å². The third-order valence-corrected chi connectivity index (χ3v) is 2.86. The molecule has 1 aromatic rings. The zero-order valence-corrected chi connectivity index (χ0v) is 12.0. The molecule has 1 atom stereocenters. The van der Waals surface area contributed by atoms with Gasteiger partial charge in [-0.3, -0.25) is 4.79 Å². The molecule has 3 N–H and O–H groups in total. The van der Waals surface area contributed by atoms with E-state index in [1.807, 2.05) is 51.1 Å². The highest BCUT2D eigenvalue weighted by Gasteiger charge is 2.21. The van der Waals surface area contributed by atoms with Crippen molar-refractivity contribution in [3.63, 3.8) is 0 Å². The summed E-state index contributed by atoms with van der Waals surface area (Å²) < 4.78 is 5.52. The predicted octanol–water partition coefficient (Wildman–Crippen LogP) is 1.49. The molecule has 0 unspecified atom stereocenters. The van der Waals surface area contributed by atoms with E-state index < -0.39 is 6.04 Å². The van der Waals surface area contributed by atoms with Gasteiger partial charge in [-0.1, -0.05) is 30.3 Å². The summed E-state index contributed by atoms with van der Waals surface area (Å²) in [5, 5.41) is 2.84. The van der Waals surface area contributed by atoms with E-state index in [-0.39, 0.29) is 11.5 Å². The fourth-order valence-electron chi connectivity index (χ4n) is 1.83. The second kappa shape index (κ2) is 7.26. The number of rotatable bonds is 7. The third kappa shape index (κ3) is 5.85. The first-order valence-electron chi connectivity index (χ1n) is 6.66. The molecule has 0 spiro atoms. The molecule has 0 aromatic heterocycles. The predicted molar refractivity (Wildman–Crippen MR) is 76.8 cm³/mol. The summed E-state index contributed by atoms with van der Waals surface area (Å²) in [6, 6.07) is 9.24. The molecular weight excluding hydrogens is 240 g/mol. The van der Waals surface area contributed by atoms with Crippen LogP contribution in [0.15, 0.2) is 30.3 Å². The van der Waals surface area contributed by atoms with Gasteiger partial charge < -0.3 is 15.8 Å². The normalized spacial score (nSPS) is 13.1. The first-order chi connectivity index (χ1) is 8.94. The van der Waals surface area contributed by atoms with E-state index in [0.29, 0.717) is 19.6 Å². The van der Waals surface area contributed by atoms with Crippen molar-refractivity contribution in [1.82, 2.24) is 5.32 Å². The molecule has 0 fully saturated rings. The summed E-state index contributed by atoms with van der Waals surface area (Å²) in [5.41, 5.74) is 6.60. The summed E-state index contributed by atoms with van der Waals surface area (Å²) in [5.74, 6) is -0.142. The van der Waals surface area contributed by atoms with E-state index in [1.54, 1.807) is 0 Å². The quantitative estimate of drug-likeness (QED) is 0.784.